The first-order chi connectivity index (χ1) is 15.3. The molecule has 7 heteroatoms. The molecule has 4 aromatic rings. The molecule has 0 fully saturated rings. The molecule has 2 aromatic heterocycles. The summed E-state index contributed by atoms with van der Waals surface area (Å²) in [4.78, 5) is 16.5. The minimum atomic E-state index is -0.409. The number of pyridine rings is 1. The Kier molecular flexibility index (Phi) is 5.73. The molecular formula is C25H24FN5O. The molecule has 6 nitrogen and oxygen atoms in total. The molecule has 0 bridgehead atoms. The standard InChI is InChI=1S/C25H24FN5O/c1-25(2,3)31-16-22(23(30-31)17-11-13-27-14-12-17)18-5-4-6-21(15-18)29-24(32)28-20-9-7-19(26)8-10-20/h4-16H,1-3H3,(H2,28,29,32). The Balaban J connectivity index is 1.63. The van der Waals surface area contributed by atoms with Crippen LogP contribution >= 0.6 is 0 Å². The van der Waals surface area contributed by atoms with E-state index in [0.717, 1.165) is 22.4 Å². The van der Waals surface area contributed by atoms with Crippen LogP contribution in [0.4, 0.5) is 20.6 Å². The monoisotopic (exact) mass is 429 g/mol. The number of carbonyl (C=O) groups excluding carboxylic acids is 1. The van der Waals surface area contributed by atoms with Crippen molar-refractivity contribution in [3.8, 4) is 22.4 Å². The topological polar surface area (TPSA) is 71.8 Å². The van der Waals surface area contributed by atoms with Crippen LogP contribution < -0.4 is 10.6 Å². The third-order valence-corrected chi connectivity index (χ3v) is 4.89. The molecule has 32 heavy (non-hydrogen) atoms. The van der Waals surface area contributed by atoms with Crippen LogP contribution in [-0.4, -0.2) is 20.8 Å². The van der Waals surface area contributed by atoms with Crippen molar-refractivity contribution >= 4 is 17.4 Å². The number of benzene rings is 2. The van der Waals surface area contributed by atoms with E-state index in [1.807, 2.05) is 47.3 Å². The van der Waals surface area contributed by atoms with Crippen LogP contribution in [0.2, 0.25) is 0 Å². The zero-order valence-corrected chi connectivity index (χ0v) is 18.1. The van der Waals surface area contributed by atoms with Crippen LogP contribution in [0, 0.1) is 5.82 Å². The number of halogens is 1. The van der Waals surface area contributed by atoms with Gasteiger partial charge in [0.25, 0.3) is 0 Å². The Morgan fingerprint density at radius 2 is 1.59 bits per heavy atom. The van der Waals surface area contributed by atoms with E-state index >= 15 is 0 Å². The fraction of sp³-hybridized carbons (Fsp3) is 0.160. The second-order valence-electron chi connectivity index (χ2n) is 8.41. The van der Waals surface area contributed by atoms with Crippen molar-refractivity contribution in [3.05, 3.63) is 85.1 Å². The third-order valence-electron chi connectivity index (χ3n) is 4.89. The van der Waals surface area contributed by atoms with Crippen LogP contribution in [0.25, 0.3) is 22.4 Å². The lowest BCUT2D eigenvalue weighted by molar-refractivity contribution is 0.262. The van der Waals surface area contributed by atoms with E-state index in [2.05, 4.69) is 36.4 Å². The predicted octanol–water partition coefficient (Wildman–Crippen LogP) is 6.15. The van der Waals surface area contributed by atoms with Gasteiger partial charge >= 0.3 is 6.03 Å². The third kappa shape index (κ3) is 4.83. The molecule has 2 amide bonds. The highest BCUT2D eigenvalue weighted by molar-refractivity contribution is 6.00. The smallest absolute Gasteiger partial charge is 0.308 e. The van der Waals surface area contributed by atoms with E-state index in [-0.39, 0.29) is 11.4 Å². The minimum absolute atomic E-state index is 0.190. The van der Waals surface area contributed by atoms with Gasteiger partial charge < -0.3 is 10.6 Å². The first-order valence-corrected chi connectivity index (χ1v) is 10.2. The number of nitrogens with zero attached hydrogens (tertiary/aromatic N) is 3. The maximum atomic E-state index is 13.1. The number of aromatic nitrogens is 3. The summed E-state index contributed by atoms with van der Waals surface area (Å²) < 4.78 is 15.0. The number of hydrogen-bond acceptors (Lipinski definition) is 3. The summed E-state index contributed by atoms with van der Waals surface area (Å²) in [5.41, 5.74) is 4.63. The van der Waals surface area contributed by atoms with Crippen LogP contribution in [0.3, 0.4) is 0 Å². The molecule has 0 spiro atoms. The zero-order chi connectivity index (χ0) is 22.7. The summed E-state index contributed by atoms with van der Waals surface area (Å²) in [6.45, 7) is 6.29. The van der Waals surface area contributed by atoms with Gasteiger partial charge in [-0.2, -0.15) is 5.10 Å². The highest BCUT2D eigenvalue weighted by atomic mass is 19.1. The van der Waals surface area contributed by atoms with Crippen LogP contribution in [-0.2, 0) is 5.54 Å². The van der Waals surface area contributed by atoms with Crippen molar-refractivity contribution in [2.24, 2.45) is 0 Å². The highest BCUT2D eigenvalue weighted by Gasteiger charge is 2.20. The van der Waals surface area contributed by atoms with Crippen molar-refractivity contribution < 1.29 is 9.18 Å². The summed E-state index contributed by atoms with van der Waals surface area (Å²) in [5, 5.41) is 10.4. The molecule has 0 saturated heterocycles. The number of urea groups is 1. The fourth-order valence-corrected chi connectivity index (χ4v) is 3.24. The Morgan fingerprint density at radius 1 is 0.906 bits per heavy atom. The summed E-state index contributed by atoms with van der Waals surface area (Å²) in [6, 6.07) is 16.6. The van der Waals surface area contributed by atoms with Gasteiger partial charge in [0, 0.05) is 41.1 Å². The molecule has 0 radical (unpaired) electrons. The lowest BCUT2D eigenvalue weighted by Crippen LogP contribution is -2.22. The van der Waals surface area contributed by atoms with Gasteiger partial charge in [-0.25, -0.2) is 9.18 Å². The molecule has 2 heterocycles. The first kappa shape index (κ1) is 21.2. The predicted molar refractivity (Wildman–Crippen MR) is 125 cm³/mol. The Bertz CT molecular complexity index is 1230. The second-order valence-corrected chi connectivity index (χ2v) is 8.41. The Morgan fingerprint density at radius 3 is 2.28 bits per heavy atom. The van der Waals surface area contributed by atoms with E-state index in [1.54, 1.807) is 12.4 Å². The molecule has 0 unspecified atom stereocenters. The van der Waals surface area contributed by atoms with Crippen molar-refractivity contribution in [1.82, 2.24) is 14.8 Å². The summed E-state index contributed by atoms with van der Waals surface area (Å²) in [7, 11) is 0. The van der Waals surface area contributed by atoms with Gasteiger partial charge in [-0.15, -0.1) is 0 Å². The van der Waals surface area contributed by atoms with Crippen molar-refractivity contribution in [2.45, 2.75) is 26.3 Å². The largest absolute Gasteiger partial charge is 0.323 e. The SMILES string of the molecule is CC(C)(C)n1cc(-c2cccc(NC(=O)Nc3ccc(F)cc3)c2)c(-c2ccncc2)n1. The van der Waals surface area contributed by atoms with Gasteiger partial charge in [-0.05, 0) is 74.9 Å². The molecule has 162 valence electrons. The Labute approximate surface area is 186 Å². The maximum Gasteiger partial charge on any atom is 0.323 e. The summed E-state index contributed by atoms with van der Waals surface area (Å²) in [5.74, 6) is -0.357. The van der Waals surface area contributed by atoms with Crippen LogP contribution in [0.1, 0.15) is 20.8 Å². The maximum absolute atomic E-state index is 13.1. The van der Waals surface area contributed by atoms with E-state index in [0.29, 0.717) is 11.4 Å². The normalized spacial score (nSPS) is 11.2. The molecular weight excluding hydrogens is 405 g/mol. The van der Waals surface area contributed by atoms with Gasteiger partial charge in [0.15, 0.2) is 0 Å². The Hall–Kier alpha value is -4.00. The molecule has 0 atom stereocenters. The number of nitrogens with one attached hydrogen (secondary N) is 2. The van der Waals surface area contributed by atoms with E-state index in [1.165, 1.54) is 24.3 Å². The van der Waals surface area contributed by atoms with Gasteiger partial charge in [-0.3, -0.25) is 9.67 Å². The fourth-order valence-electron chi connectivity index (χ4n) is 3.24. The lowest BCUT2D eigenvalue weighted by Gasteiger charge is -2.18. The van der Waals surface area contributed by atoms with Crippen LogP contribution in [0.15, 0.2) is 79.3 Å². The summed E-state index contributed by atoms with van der Waals surface area (Å²) in [6.07, 6.45) is 5.51. The number of hydrogen-bond donors (Lipinski definition) is 2. The molecule has 0 aliphatic rings. The average Bonchev–Trinajstić information content (AvgIpc) is 3.22. The van der Waals surface area contributed by atoms with Crippen molar-refractivity contribution in [2.75, 3.05) is 10.6 Å². The minimum Gasteiger partial charge on any atom is -0.308 e. The molecule has 2 aromatic carbocycles. The number of anilines is 2. The van der Waals surface area contributed by atoms with Gasteiger partial charge in [0.05, 0.1) is 5.54 Å². The molecule has 4 rings (SSSR count). The van der Waals surface area contributed by atoms with Gasteiger partial charge in [0.1, 0.15) is 11.5 Å². The molecule has 0 saturated carbocycles. The highest BCUT2D eigenvalue weighted by Crippen LogP contribution is 2.33. The van der Waals surface area contributed by atoms with Gasteiger partial charge in [0.2, 0.25) is 0 Å². The summed E-state index contributed by atoms with van der Waals surface area (Å²) >= 11 is 0. The number of rotatable bonds is 4. The number of carbonyl (C=O) groups is 1. The number of amides is 2. The second kappa shape index (κ2) is 8.63. The molecule has 2 N–H and O–H groups in total. The zero-order valence-electron chi connectivity index (χ0n) is 18.1. The van der Waals surface area contributed by atoms with Crippen molar-refractivity contribution in [1.29, 1.82) is 0 Å². The van der Waals surface area contributed by atoms with Crippen molar-refractivity contribution in [3.63, 3.8) is 0 Å². The van der Waals surface area contributed by atoms with E-state index in [9.17, 15) is 9.18 Å². The lowest BCUT2D eigenvalue weighted by atomic mass is 10.0. The van der Waals surface area contributed by atoms with E-state index in [4.69, 9.17) is 5.10 Å². The molecule has 0 aliphatic carbocycles. The van der Waals surface area contributed by atoms with Gasteiger partial charge in [-0.1, -0.05) is 12.1 Å². The van der Waals surface area contributed by atoms with E-state index < -0.39 is 6.03 Å². The molecule has 0 aliphatic heterocycles. The van der Waals surface area contributed by atoms with Crippen LogP contribution in [0.5, 0.6) is 0 Å². The quantitative estimate of drug-likeness (QED) is 0.409. The first-order valence-electron chi connectivity index (χ1n) is 10.2. The average molecular weight is 429 g/mol.